The predicted molar refractivity (Wildman–Crippen MR) is 95.2 cm³/mol. The van der Waals surface area contributed by atoms with Crippen LogP contribution in [0, 0.1) is 13.8 Å². The van der Waals surface area contributed by atoms with Crippen LogP contribution in [-0.4, -0.2) is 25.4 Å². The van der Waals surface area contributed by atoms with E-state index in [2.05, 4.69) is 51.3 Å². The van der Waals surface area contributed by atoms with Crippen LogP contribution in [0.5, 0.6) is 0 Å². The van der Waals surface area contributed by atoms with Crippen molar-refractivity contribution in [2.45, 2.75) is 20.4 Å². The van der Waals surface area contributed by atoms with Gasteiger partial charge >= 0.3 is 0 Å². The predicted octanol–water partition coefficient (Wildman–Crippen LogP) is 3.46. The zero-order chi connectivity index (χ0) is 17.1. The van der Waals surface area contributed by atoms with Crippen molar-refractivity contribution in [1.82, 2.24) is 19.5 Å². The van der Waals surface area contributed by atoms with E-state index in [9.17, 15) is 4.79 Å². The number of nitrogens with one attached hydrogen (secondary N) is 1. The van der Waals surface area contributed by atoms with Crippen molar-refractivity contribution in [3.8, 4) is 11.3 Å². The Morgan fingerprint density at radius 2 is 2.25 bits per heavy atom. The molecule has 0 atom stereocenters. The van der Waals surface area contributed by atoms with Crippen LogP contribution >= 0.6 is 11.3 Å². The third kappa shape index (κ3) is 3.11. The van der Waals surface area contributed by atoms with E-state index in [0.29, 0.717) is 5.13 Å². The summed E-state index contributed by atoms with van der Waals surface area (Å²) in [6.45, 7) is 8.67. The highest BCUT2D eigenvalue weighted by Gasteiger charge is 2.15. The number of aromatic nitrogens is 4. The van der Waals surface area contributed by atoms with Crippen LogP contribution in [0.2, 0.25) is 0 Å². The van der Waals surface area contributed by atoms with Gasteiger partial charge in [0.1, 0.15) is 5.69 Å². The van der Waals surface area contributed by atoms with Crippen LogP contribution in [0.25, 0.3) is 11.3 Å². The molecule has 1 amide bonds. The second kappa shape index (κ2) is 6.76. The molecule has 0 radical (unpaired) electrons. The van der Waals surface area contributed by atoms with E-state index in [4.69, 9.17) is 0 Å². The first-order valence-electron chi connectivity index (χ1n) is 7.41. The molecule has 0 bridgehead atoms. The van der Waals surface area contributed by atoms with Gasteiger partial charge in [-0.1, -0.05) is 6.08 Å². The van der Waals surface area contributed by atoms with Gasteiger partial charge in [-0.25, -0.2) is 9.97 Å². The second-order valence-corrected chi connectivity index (χ2v) is 6.12. The number of hydrogen-bond donors (Lipinski definition) is 1. The van der Waals surface area contributed by atoms with E-state index >= 15 is 0 Å². The summed E-state index contributed by atoms with van der Waals surface area (Å²) in [5.74, 6) is -0.318. The van der Waals surface area contributed by atoms with Crippen LogP contribution in [0.15, 0.2) is 42.7 Å². The molecule has 3 heterocycles. The summed E-state index contributed by atoms with van der Waals surface area (Å²) < 4.78 is 2.18. The van der Waals surface area contributed by atoms with Gasteiger partial charge in [-0.15, -0.1) is 17.9 Å². The smallest absolute Gasteiger partial charge is 0.277 e. The van der Waals surface area contributed by atoms with E-state index in [1.54, 1.807) is 0 Å². The maximum atomic E-state index is 12.1. The Morgan fingerprint density at radius 1 is 1.42 bits per heavy atom. The Bertz CT molecular complexity index is 882. The SMILES string of the molecule is C=CCn1c(C)cc(-c2csc(NC(=O)c3cnccn3)n2)c1C. The minimum absolute atomic E-state index is 0.262. The molecular weight excluding hydrogens is 322 g/mol. The van der Waals surface area contributed by atoms with Crippen LogP contribution in [0.1, 0.15) is 21.9 Å². The lowest BCUT2D eigenvalue weighted by molar-refractivity contribution is 0.102. The lowest BCUT2D eigenvalue weighted by Crippen LogP contribution is -2.13. The molecule has 3 aromatic rings. The Balaban J connectivity index is 1.82. The zero-order valence-corrected chi connectivity index (χ0v) is 14.3. The topological polar surface area (TPSA) is 72.7 Å². The van der Waals surface area contributed by atoms with Gasteiger partial charge in [0.25, 0.3) is 5.91 Å². The van der Waals surface area contributed by atoms with Gasteiger partial charge in [0.05, 0.1) is 11.9 Å². The fraction of sp³-hybridized carbons (Fsp3) is 0.176. The molecule has 0 aliphatic carbocycles. The lowest BCUT2D eigenvalue weighted by atomic mass is 10.2. The van der Waals surface area contributed by atoms with E-state index in [1.165, 1.54) is 29.9 Å². The average Bonchev–Trinajstić information content (AvgIpc) is 3.15. The number of hydrogen-bond acceptors (Lipinski definition) is 5. The maximum absolute atomic E-state index is 12.1. The first kappa shape index (κ1) is 16.1. The number of amides is 1. The highest BCUT2D eigenvalue weighted by atomic mass is 32.1. The lowest BCUT2D eigenvalue weighted by Gasteiger charge is -2.05. The molecule has 0 aliphatic rings. The number of anilines is 1. The molecule has 0 unspecified atom stereocenters. The molecule has 0 saturated heterocycles. The molecule has 0 saturated carbocycles. The first-order valence-corrected chi connectivity index (χ1v) is 8.29. The fourth-order valence-corrected chi connectivity index (χ4v) is 3.21. The normalized spacial score (nSPS) is 10.6. The van der Waals surface area contributed by atoms with Gasteiger partial charge in [-0.3, -0.25) is 15.1 Å². The molecule has 1 N–H and O–H groups in total. The molecule has 6 nitrogen and oxygen atoms in total. The minimum atomic E-state index is -0.318. The monoisotopic (exact) mass is 339 g/mol. The number of nitrogens with zero attached hydrogens (tertiary/aromatic N) is 4. The van der Waals surface area contributed by atoms with Crippen LogP contribution in [0.4, 0.5) is 5.13 Å². The van der Waals surface area contributed by atoms with E-state index in [-0.39, 0.29) is 11.6 Å². The molecule has 0 aromatic carbocycles. The highest BCUT2D eigenvalue weighted by molar-refractivity contribution is 7.14. The van der Waals surface area contributed by atoms with Crippen LogP contribution in [0.3, 0.4) is 0 Å². The summed E-state index contributed by atoms with van der Waals surface area (Å²) in [5.41, 5.74) is 4.45. The van der Waals surface area contributed by atoms with Crippen molar-refractivity contribution in [2.75, 3.05) is 5.32 Å². The van der Waals surface area contributed by atoms with Gasteiger partial charge in [0.2, 0.25) is 0 Å². The largest absolute Gasteiger partial charge is 0.345 e. The standard InChI is InChI=1S/C17H17N5OS/c1-4-7-22-11(2)8-13(12(22)3)15-10-24-17(20-15)21-16(23)14-9-18-5-6-19-14/h4-6,8-10H,1,7H2,2-3H3,(H,20,21,23). The molecule has 0 spiro atoms. The molecule has 122 valence electrons. The van der Waals surface area contributed by atoms with Crippen molar-refractivity contribution in [2.24, 2.45) is 0 Å². The minimum Gasteiger partial charge on any atom is -0.345 e. The first-order chi connectivity index (χ1) is 11.6. The van der Waals surface area contributed by atoms with Gasteiger partial charge in [-0.2, -0.15) is 0 Å². The summed E-state index contributed by atoms with van der Waals surface area (Å²) in [6.07, 6.45) is 6.30. The number of rotatable bonds is 5. The van der Waals surface area contributed by atoms with Crippen LogP contribution in [-0.2, 0) is 6.54 Å². The number of aryl methyl sites for hydroxylation is 1. The Morgan fingerprint density at radius 3 is 2.96 bits per heavy atom. The molecule has 3 aromatic heterocycles. The second-order valence-electron chi connectivity index (χ2n) is 5.27. The number of thiazole rings is 1. The fourth-order valence-electron chi connectivity index (χ4n) is 2.50. The van der Waals surface area contributed by atoms with Gasteiger partial charge in [-0.05, 0) is 19.9 Å². The summed E-state index contributed by atoms with van der Waals surface area (Å²) in [6, 6.07) is 2.10. The molecular formula is C17H17N5OS. The van der Waals surface area contributed by atoms with E-state index < -0.39 is 0 Å². The van der Waals surface area contributed by atoms with Gasteiger partial charge < -0.3 is 4.57 Å². The summed E-state index contributed by atoms with van der Waals surface area (Å²) in [4.78, 5) is 24.5. The maximum Gasteiger partial charge on any atom is 0.277 e. The zero-order valence-electron chi connectivity index (χ0n) is 13.5. The summed E-state index contributed by atoms with van der Waals surface area (Å²) >= 11 is 1.38. The van der Waals surface area contributed by atoms with Crippen molar-refractivity contribution < 1.29 is 4.79 Å². The summed E-state index contributed by atoms with van der Waals surface area (Å²) in [7, 11) is 0. The number of carbonyl (C=O) groups excluding carboxylic acids is 1. The average molecular weight is 339 g/mol. The van der Waals surface area contributed by atoms with E-state index in [0.717, 1.165) is 29.2 Å². The Labute approximate surface area is 143 Å². The molecule has 7 heteroatoms. The van der Waals surface area contributed by atoms with Crippen molar-refractivity contribution in [3.05, 3.63) is 59.8 Å². The van der Waals surface area contributed by atoms with E-state index in [1.807, 2.05) is 11.5 Å². The molecule has 24 heavy (non-hydrogen) atoms. The molecule has 0 aliphatic heterocycles. The van der Waals surface area contributed by atoms with Crippen molar-refractivity contribution in [1.29, 1.82) is 0 Å². The molecule has 3 rings (SSSR count). The van der Waals surface area contributed by atoms with Gasteiger partial charge in [0, 0.05) is 41.3 Å². The number of carbonyl (C=O) groups is 1. The quantitative estimate of drug-likeness (QED) is 0.723. The highest BCUT2D eigenvalue weighted by Crippen LogP contribution is 2.30. The Hall–Kier alpha value is -2.80. The summed E-state index contributed by atoms with van der Waals surface area (Å²) in [5, 5.41) is 5.23. The number of allylic oxidation sites excluding steroid dienone is 1. The van der Waals surface area contributed by atoms with Crippen molar-refractivity contribution in [3.63, 3.8) is 0 Å². The van der Waals surface area contributed by atoms with Crippen LogP contribution < -0.4 is 5.32 Å². The Kier molecular flexibility index (Phi) is 4.52. The van der Waals surface area contributed by atoms with Crippen molar-refractivity contribution >= 4 is 22.4 Å². The molecule has 0 fully saturated rings. The third-order valence-electron chi connectivity index (χ3n) is 3.68. The van der Waals surface area contributed by atoms with Gasteiger partial charge in [0.15, 0.2) is 5.13 Å². The third-order valence-corrected chi connectivity index (χ3v) is 4.44.